The van der Waals surface area contributed by atoms with Crippen molar-refractivity contribution in [1.29, 1.82) is 0 Å². The van der Waals surface area contributed by atoms with Crippen LogP contribution in [-0.4, -0.2) is 105 Å². The Bertz CT molecular complexity index is 2160. The molecule has 7 rings (SSSR count). The Morgan fingerprint density at radius 1 is 0.707 bits per heavy atom. The maximum Gasteiger partial charge on any atom is 0.407 e. The average molecular weight is 815 g/mol. The highest BCUT2D eigenvalue weighted by molar-refractivity contribution is 5.96. The fourth-order valence-electron chi connectivity index (χ4n) is 7.44. The number of hydrogen-bond donors (Lipinski definition) is 4. The summed E-state index contributed by atoms with van der Waals surface area (Å²) in [5, 5.41) is 6.14. The molecule has 1 unspecified atom stereocenters. The molecular formula is C38H42F4N8O8. The second kappa shape index (κ2) is 15.0. The lowest BCUT2D eigenvalue weighted by molar-refractivity contribution is -0.137. The van der Waals surface area contributed by atoms with Crippen molar-refractivity contribution in [3.8, 4) is 22.9 Å². The van der Waals surface area contributed by atoms with Gasteiger partial charge in [-0.2, -0.15) is 0 Å². The van der Waals surface area contributed by atoms with Crippen molar-refractivity contribution in [2.24, 2.45) is 11.8 Å². The summed E-state index contributed by atoms with van der Waals surface area (Å²) in [6.45, 7) is 5.01. The summed E-state index contributed by atoms with van der Waals surface area (Å²) in [5.41, 5.74) is 1.65. The van der Waals surface area contributed by atoms with Gasteiger partial charge in [0.1, 0.15) is 46.3 Å². The van der Waals surface area contributed by atoms with E-state index in [2.05, 4.69) is 40.0 Å². The van der Waals surface area contributed by atoms with Crippen LogP contribution >= 0.6 is 0 Å². The summed E-state index contributed by atoms with van der Waals surface area (Å²) in [7, 11) is 2.28. The Morgan fingerprint density at radius 3 is 1.43 bits per heavy atom. The average Bonchev–Trinajstić information content (AvgIpc) is 4.02. The first-order valence-electron chi connectivity index (χ1n) is 18.5. The fourth-order valence-corrected chi connectivity index (χ4v) is 7.44. The van der Waals surface area contributed by atoms with E-state index in [0.29, 0.717) is 44.8 Å². The van der Waals surface area contributed by atoms with Crippen LogP contribution in [0.2, 0.25) is 0 Å². The summed E-state index contributed by atoms with van der Waals surface area (Å²) in [4.78, 5) is 67.6. The lowest BCUT2D eigenvalue weighted by atomic mass is 10.0. The molecule has 6 heterocycles. The van der Waals surface area contributed by atoms with Crippen LogP contribution in [0.1, 0.15) is 64.3 Å². The third kappa shape index (κ3) is 7.78. The topological polar surface area (TPSA) is 201 Å². The number of likely N-dealkylation sites (tertiary alicyclic amines) is 2. The Morgan fingerprint density at radius 2 is 1.09 bits per heavy atom. The summed E-state index contributed by atoms with van der Waals surface area (Å²) in [5.74, 6) is -7.72. The molecule has 4 atom stereocenters. The van der Waals surface area contributed by atoms with Crippen LogP contribution in [0.5, 0.6) is 0 Å². The van der Waals surface area contributed by atoms with E-state index in [1.165, 1.54) is 12.4 Å². The summed E-state index contributed by atoms with van der Waals surface area (Å²) >= 11 is 0. The zero-order valence-electron chi connectivity index (χ0n) is 32.3. The number of methoxy groups -OCH3 is 2. The summed E-state index contributed by atoms with van der Waals surface area (Å²) in [6.07, 6.45) is -0.234. The number of carbonyl (C=O) groups is 4. The zero-order valence-corrected chi connectivity index (χ0v) is 32.3. The number of fused-ring (bicyclic) bond motifs is 2. The molecule has 0 saturated carbocycles. The van der Waals surface area contributed by atoms with Crippen LogP contribution in [0, 0.1) is 11.8 Å². The third-order valence-corrected chi connectivity index (χ3v) is 10.4. The molecule has 1 aromatic carbocycles. The fraction of sp³-hybridized carbons (Fsp3) is 0.474. The molecule has 4 N–H and O–H groups in total. The van der Waals surface area contributed by atoms with Crippen molar-refractivity contribution in [1.82, 2.24) is 40.4 Å². The first kappa shape index (κ1) is 40.1. The quantitative estimate of drug-likeness (QED) is 0.112. The molecular weight excluding hydrogens is 772 g/mol. The molecule has 20 heteroatoms. The number of alkyl halides is 4. The number of furan rings is 2. The van der Waals surface area contributed by atoms with Gasteiger partial charge in [-0.05, 0) is 36.1 Å². The first-order valence-corrected chi connectivity index (χ1v) is 18.5. The van der Waals surface area contributed by atoms with Crippen LogP contribution in [0.25, 0.3) is 44.8 Å². The number of aromatic amines is 2. The van der Waals surface area contributed by atoms with E-state index in [4.69, 9.17) is 8.83 Å². The van der Waals surface area contributed by atoms with Gasteiger partial charge in [-0.15, -0.1) is 0 Å². The van der Waals surface area contributed by atoms with Gasteiger partial charge in [0.05, 0.1) is 51.8 Å². The number of H-pyrrole nitrogens is 2. The van der Waals surface area contributed by atoms with Crippen molar-refractivity contribution in [2.75, 3.05) is 27.3 Å². The van der Waals surface area contributed by atoms with E-state index in [-0.39, 0.29) is 11.6 Å². The lowest BCUT2D eigenvalue weighted by Gasteiger charge is -2.29. The Labute approximate surface area is 328 Å². The van der Waals surface area contributed by atoms with Gasteiger partial charge < -0.3 is 48.7 Å². The highest BCUT2D eigenvalue weighted by Gasteiger charge is 2.51. The summed E-state index contributed by atoms with van der Waals surface area (Å²) in [6, 6.07) is 2.43. The van der Waals surface area contributed by atoms with Gasteiger partial charge in [0.2, 0.25) is 11.8 Å². The molecule has 5 aromatic rings. The summed E-state index contributed by atoms with van der Waals surface area (Å²) < 4.78 is 80.7. The molecule has 2 fully saturated rings. The molecule has 0 radical (unpaired) electrons. The minimum Gasteiger partial charge on any atom is -0.454 e. The Kier molecular flexibility index (Phi) is 10.4. The van der Waals surface area contributed by atoms with Gasteiger partial charge in [-0.1, -0.05) is 27.7 Å². The van der Waals surface area contributed by atoms with Gasteiger partial charge in [-0.3, -0.25) is 9.59 Å². The number of rotatable bonds is 10. The van der Waals surface area contributed by atoms with Crippen molar-refractivity contribution in [2.45, 2.75) is 76.5 Å². The molecule has 310 valence electrons. The van der Waals surface area contributed by atoms with E-state index in [1.54, 1.807) is 52.0 Å². The smallest absolute Gasteiger partial charge is 0.407 e. The number of halogens is 4. The third-order valence-electron chi connectivity index (χ3n) is 10.4. The molecule has 2 aliphatic heterocycles. The second-order valence-electron chi connectivity index (χ2n) is 15.3. The van der Waals surface area contributed by atoms with E-state index >= 15 is 0 Å². The van der Waals surface area contributed by atoms with Crippen molar-refractivity contribution >= 4 is 45.9 Å². The number of aromatic nitrogens is 4. The Balaban J connectivity index is 1.11. The van der Waals surface area contributed by atoms with Gasteiger partial charge in [0.15, 0.2) is 11.5 Å². The molecule has 4 amide bonds. The van der Waals surface area contributed by atoms with Gasteiger partial charge in [-0.25, -0.2) is 37.1 Å². The minimum absolute atomic E-state index is 0.116. The monoisotopic (exact) mass is 814 g/mol. The number of nitrogens with zero attached hydrogens (tertiary/aromatic N) is 4. The van der Waals surface area contributed by atoms with E-state index in [9.17, 15) is 36.7 Å². The predicted octanol–water partition coefficient (Wildman–Crippen LogP) is 6.54. The first-order chi connectivity index (χ1) is 27.4. The van der Waals surface area contributed by atoms with Gasteiger partial charge >= 0.3 is 12.2 Å². The van der Waals surface area contributed by atoms with Gasteiger partial charge in [0.25, 0.3) is 11.8 Å². The number of carbonyl (C=O) groups excluding carboxylic acids is 4. The molecule has 16 nitrogen and oxygen atoms in total. The molecule has 2 aliphatic rings. The maximum absolute atomic E-state index is 14.8. The molecule has 0 aliphatic carbocycles. The molecule has 0 bridgehead atoms. The second-order valence-corrected chi connectivity index (χ2v) is 15.3. The minimum atomic E-state index is -3.20. The van der Waals surface area contributed by atoms with Crippen LogP contribution in [0.3, 0.4) is 0 Å². The number of ether oxygens (including phenoxy) is 2. The van der Waals surface area contributed by atoms with Crippen molar-refractivity contribution in [3.05, 3.63) is 48.3 Å². The highest BCUT2D eigenvalue weighted by atomic mass is 19.3. The number of amides is 4. The number of benzene rings is 1. The number of imidazole rings is 2. The standard InChI is InChI=1S/C38H42F4N8O8/c1-17(2)29(47-35(53)55-5)33(51)49-15-37(39,40)11-23(49)31-43-13-21(45-31)27-9-19-7-26-20(8-25(19)57-27)10-28(58-26)22-14-44-32(46-22)24-12-38(41,42)16-50(24)34(52)30(18(3)4)48-36(54)56-6/h7-10,13-14,17-18,23-24,29-30H,11-12,15-16H2,1-6H3,(H,43,45)(H,44,46)(H,47,53)(H,48,54)/t23-,24-,29-,30?/m0/s1. The Hall–Kier alpha value is -6.08. The normalized spacial score (nSPS) is 19.9. The molecule has 0 spiro atoms. The highest BCUT2D eigenvalue weighted by Crippen LogP contribution is 2.43. The molecule has 2 saturated heterocycles. The van der Waals surface area contributed by atoms with Crippen LogP contribution in [0.15, 0.2) is 45.5 Å². The maximum atomic E-state index is 14.8. The lowest BCUT2D eigenvalue weighted by Crippen LogP contribution is -2.51. The largest absolute Gasteiger partial charge is 0.454 e. The predicted molar refractivity (Wildman–Crippen MR) is 198 cm³/mol. The zero-order chi connectivity index (χ0) is 41.8. The molecule has 58 heavy (non-hydrogen) atoms. The van der Waals surface area contributed by atoms with Crippen LogP contribution < -0.4 is 10.6 Å². The number of alkyl carbamates (subject to hydrolysis) is 2. The van der Waals surface area contributed by atoms with Gasteiger partial charge in [0, 0.05) is 23.6 Å². The SMILES string of the molecule is COC(=O)NC(C(=O)N1CC(F)(F)C[C@H]1c1ncc(-c2cc3cc4oc(-c5cnc([C@@H]6CC(F)(F)CN6C(=O)[C@@H](NC(=O)OC)C(C)C)[nH]5)cc4cc3o2)[nH]1)C(C)C. The van der Waals surface area contributed by atoms with Crippen molar-refractivity contribution in [3.63, 3.8) is 0 Å². The number of hydrogen-bond acceptors (Lipinski definition) is 10. The van der Waals surface area contributed by atoms with Crippen molar-refractivity contribution < 1.29 is 55.0 Å². The van der Waals surface area contributed by atoms with Crippen LogP contribution in [0.4, 0.5) is 27.2 Å². The van der Waals surface area contributed by atoms with E-state index in [1.807, 2.05) is 0 Å². The molecule has 4 aromatic heterocycles. The van der Waals surface area contributed by atoms with E-state index < -0.39 is 97.8 Å². The van der Waals surface area contributed by atoms with Crippen LogP contribution in [-0.2, 0) is 19.1 Å². The van der Waals surface area contributed by atoms with E-state index in [0.717, 1.165) is 24.0 Å². The number of nitrogens with one attached hydrogen (secondary N) is 4.